The summed E-state index contributed by atoms with van der Waals surface area (Å²) >= 11 is 0. The summed E-state index contributed by atoms with van der Waals surface area (Å²) in [4.78, 5) is 0. The molecule has 3 aromatic rings. The summed E-state index contributed by atoms with van der Waals surface area (Å²) in [6, 6.07) is 27.6. The summed E-state index contributed by atoms with van der Waals surface area (Å²) in [5, 5.41) is 0. The van der Waals surface area contributed by atoms with E-state index in [4.69, 9.17) is 0 Å². The Morgan fingerprint density at radius 3 is 1.62 bits per heavy atom. The third-order valence-electron chi connectivity index (χ3n) is 3.79. The minimum atomic E-state index is -0.130. The van der Waals surface area contributed by atoms with Crippen molar-refractivity contribution in [3.05, 3.63) is 107 Å². The second-order valence-corrected chi connectivity index (χ2v) is 5.17. The van der Waals surface area contributed by atoms with E-state index in [1.54, 1.807) is 6.07 Å². The SMILES string of the molecule is Fc1ccccc1CC(c1ccccc1)c1ccccc1. The fraction of sp³-hybridized carbons (Fsp3) is 0.100. The van der Waals surface area contributed by atoms with Crippen LogP contribution in [-0.2, 0) is 6.42 Å². The topological polar surface area (TPSA) is 0 Å². The van der Waals surface area contributed by atoms with Gasteiger partial charge in [-0.15, -0.1) is 0 Å². The first-order chi connectivity index (χ1) is 10.3. The van der Waals surface area contributed by atoms with Crippen LogP contribution in [0.2, 0.25) is 0 Å². The smallest absolute Gasteiger partial charge is 0.126 e. The highest BCUT2D eigenvalue weighted by atomic mass is 19.1. The summed E-state index contributed by atoms with van der Waals surface area (Å²) in [5.41, 5.74) is 3.19. The second kappa shape index (κ2) is 6.36. The molecule has 1 heteroatoms. The first-order valence-corrected chi connectivity index (χ1v) is 7.18. The van der Waals surface area contributed by atoms with Gasteiger partial charge in [-0.25, -0.2) is 4.39 Å². The molecule has 0 unspecified atom stereocenters. The minimum Gasteiger partial charge on any atom is -0.207 e. The lowest BCUT2D eigenvalue weighted by atomic mass is 9.86. The van der Waals surface area contributed by atoms with Crippen LogP contribution in [0.3, 0.4) is 0 Å². The van der Waals surface area contributed by atoms with Crippen molar-refractivity contribution in [2.45, 2.75) is 12.3 Å². The normalized spacial score (nSPS) is 10.8. The fourth-order valence-corrected chi connectivity index (χ4v) is 2.68. The molecule has 0 aliphatic carbocycles. The van der Waals surface area contributed by atoms with Crippen LogP contribution in [-0.4, -0.2) is 0 Å². The second-order valence-electron chi connectivity index (χ2n) is 5.17. The van der Waals surface area contributed by atoms with Gasteiger partial charge in [-0.3, -0.25) is 0 Å². The van der Waals surface area contributed by atoms with Gasteiger partial charge in [-0.2, -0.15) is 0 Å². The van der Waals surface area contributed by atoms with Crippen molar-refractivity contribution in [3.63, 3.8) is 0 Å². The maximum Gasteiger partial charge on any atom is 0.126 e. The number of hydrogen-bond acceptors (Lipinski definition) is 0. The molecule has 3 aromatic carbocycles. The number of benzene rings is 3. The first-order valence-electron chi connectivity index (χ1n) is 7.18. The van der Waals surface area contributed by atoms with E-state index in [1.165, 1.54) is 17.2 Å². The molecule has 21 heavy (non-hydrogen) atoms. The highest BCUT2D eigenvalue weighted by molar-refractivity contribution is 5.35. The molecule has 0 aliphatic heterocycles. The Morgan fingerprint density at radius 1 is 0.619 bits per heavy atom. The van der Waals surface area contributed by atoms with E-state index in [0.717, 1.165) is 5.56 Å². The molecule has 0 N–H and O–H groups in total. The average Bonchev–Trinajstić information content (AvgIpc) is 2.56. The Balaban J connectivity index is 1.99. The molecular weight excluding hydrogens is 259 g/mol. The van der Waals surface area contributed by atoms with E-state index in [1.807, 2.05) is 48.5 Å². The van der Waals surface area contributed by atoms with Gasteiger partial charge in [0.25, 0.3) is 0 Å². The third kappa shape index (κ3) is 3.19. The Kier molecular flexibility index (Phi) is 4.11. The number of halogens is 1. The third-order valence-corrected chi connectivity index (χ3v) is 3.79. The minimum absolute atomic E-state index is 0.130. The van der Waals surface area contributed by atoms with Gasteiger partial charge in [0.2, 0.25) is 0 Å². The quantitative estimate of drug-likeness (QED) is 0.614. The molecule has 0 aliphatic rings. The Morgan fingerprint density at radius 2 is 1.10 bits per heavy atom. The molecule has 0 heterocycles. The summed E-state index contributed by atoms with van der Waals surface area (Å²) in [6.07, 6.45) is 0.667. The number of hydrogen-bond donors (Lipinski definition) is 0. The Labute approximate surface area is 124 Å². The largest absolute Gasteiger partial charge is 0.207 e. The van der Waals surface area contributed by atoms with Gasteiger partial charge in [-0.1, -0.05) is 78.9 Å². The molecular formula is C20H17F. The zero-order valence-corrected chi connectivity index (χ0v) is 11.7. The highest BCUT2D eigenvalue weighted by Gasteiger charge is 2.16. The molecule has 0 saturated carbocycles. The van der Waals surface area contributed by atoms with Crippen LogP contribution < -0.4 is 0 Å². The van der Waals surface area contributed by atoms with Crippen LogP contribution in [0.25, 0.3) is 0 Å². The number of rotatable bonds is 4. The molecule has 104 valence electrons. The summed E-state index contributed by atoms with van der Waals surface area (Å²) in [6.45, 7) is 0. The van der Waals surface area contributed by atoms with Crippen LogP contribution in [0.4, 0.5) is 4.39 Å². The molecule has 3 rings (SSSR count). The average molecular weight is 276 g/mol. The molecule has 0 fully saturated rings. The van der Waals surface area contributed by atoms with Gasteiger partial charge in [0, 0.05) is 5.92 Å². The fourth-order valence-electron chi connectivity index (χ4n) is 2.68. The van der Waals surface area contributed by atoms with Gasteiger partial charge in [-0.05, 0) is 29.2 Å². The predicted octanol–water partition coefficient (Wildman–Crippen LogP) is 5.20. The molecule has 0 bridgehead atoms. The standard InChI is InChI=1S/C20H17F/c21-20-14-8-7-13-18(20)15-19(16-9-3-1-4-10-16)17-11-5-2-6-12-17/h1-14,19H,15H2. The van der Waals surface area contributed by atoms with Crippen LogP contribution >= 0.6 is 0 Å². The molecule has 0 nitrogen and oxygen atoms in total. The van der Waals surface area contributed by atoms with Crippen LogP contribution in [0.1, 0.15) is 22.6 Å². The molecule has 0 atom stereocenters. The van der Waals surface area contributed by atoms with Gasteiger partial charge in [0.15, 0.2) is 0 Å². The lowest BCUT2D eigenvalue weighted by Gasteiger charge is -2.18. The summed E-state index contributed by atoms with van der Waals surface area (Å²) < 4.78 is 14.0. The van der Waals surface area contributed by atoms with Gasteiger partial charge < -0.3 is 0 Å². The molecule has 0 radical (unpaired) electrons. The lowest BCUT2D eigenvalue weighted by Crippen LogP contribution is -2.06. The van der Waals surface area contributed by atoms with E-state index < -0.39 is 0 Å². The van der Waals surface area contributed by atoms with Crippen molar-refractivity contribution in [3.8, 4) is 0 Å². The van der Waals surface area contributed by atoms with Gasteiger partial charge >= 0.3 is 0 Å². The molecule has 0 amide bonds. The van der Waals surface area contributed by atoms with Gasteiger partial charge in [0.05, 0.1) is 0 Å². The van der Waals surface area contributed by atoms with Crippen LogP contribution in [0.5, 0.6) is 0 Å². The van der Waals surface area contributed by atoms with Crippen molar-refractivity contribution < 1.29 is 4.39 Å². The molecule has 0 aromatic heterocycles. The van der Waals surface area contributed by atoms with Crippen LogP contribution in [0, 0.1) is 5.82 Å². The Hall–Kier alpha value is -2.41. The van der Waals surface area contributed by atoms with E-state index >= 15 is 0 Å². The zero-order chi connectivity index (χ0) is 14.5. The highest BCUT2D eigenvalue weighted by Crippen LogP contribution is 2.29. The van der Waals surface area contributed by atoms with Crippen molar-refractivity contribution in [2.75, 3.05) is 0 Å². The molecule has 0 saturated heterocycles. The maximum atomic E-state index is 14.0. The predicted molar refractivity (Wildman–Crippen MR) is 84.8 cm³/mol. The van der Waals surface area contributed by atoms with E-state index in [0.29, 0.717) is 6.42 Å². The van der Waals surface area contributed by atoms with Gasteiger partial charge in [0.1, 0.15) is 5.82 Å². The van der Waals surface area contributed by atoms with Crippen LogP contribution in [0.15, 0.2) is 84.9 Å². The van der Waals surface area contributed by atoms with E-state index in [-0.39, 0.29) is 11.7 Å². The van der Waals surface area contributed by atoms with Crippen molar-refractivity contribution in [2.24, 2.45) is 0 Å². The maximum absolute atomic E-state index is 14.0. The summed E-state index contributed by atoms with van der Waals surface area (Å²) in [5.74, 6) is 0.0404. The first kappa shape index (κ1) is 13.6. The van der Waals surface area contributed by atoms with Crippen molar-refractivity contribution >= 4 is 0 Å². The lowest BCUT2D eigenvalue weighted by molar-refractivity contribution is 0.602. The Bertz CT molecular complexity index is 650. The monoisotopic (exact) mass is 276 g/mol. The summed E-state index contributed by atoms with van der Waals surface area (Å²) in [7, 11) is 0. The molecule has 0 spiro atoms. The van der Waals surface area contributed by atoms with E-state index in [2.05, 4.69) is 24.3 Å². The zero-order valence-electron chi connectivity index (χ0n) is 11.7. The van der Waals surface area contributed by atoms with Crippen molar-refractivity contribution in [1.29, 1.82) is 0 Å². The van der Waals surface area contributed by atoms with Crippen molar-refractivity contribution in [1.82, 2.24) is 0 Å². The van der Waals surface area contributed by atoms with E-state index in [9.17, 15) is 4.39 Å².